The van der Waals surface area contributed by atoms with Gasteiger partial charge < -0.3 is 25.0 Å². The number of hydrogen-bond acceptors (Lipinski definition) is 4. The van der Waals surface area contributed by atoms with Gasteiger partial charge in [0.2, 0.25) is 5.91 Å². The molecule has 9 heteroatoms. The lowest BCUT2D eigenvalue weighted by Gasteiger charge is -2.28. The Hall–Kier alpha value is -2.56. The van der Waals surface area contributed by atoms with E-state index in [-0.39, 0.29) is 54.4 Å². The summed E-state index contributed by atoms with van der Waals surface area (Å²) < 4.78 is 25.2. The Balaban J connectivity index is 0.00000385. The molecule has 33 heavy (non-hydrogen) atoms. The van der Waals surface area contributed by atoms with Gasteiger partial charge in [-0.15, -0.1) is 24.0 Å². The van der Waals surface area contributed by atoms with Crippen LogP contribution in [0.1, 0.15) is 31.4 Å². The fraction of sp³-hybridized carbons (Fsp3) is 0.417. The highest BCUT2D eigenvalue weighted by atomic mass is 127. The Morgan fingerprint density at radius 1 is 1.27 bits per heavy atom. The number of para-hydroxylation sites is 1. The van der Waals surface area contributed by atoms with E-state index in [9.17, 15) is 9.18 Å². The summed E-state index contributed by atoms with van der Waals surface area (Å²) >= 11 is 0. The first-order chi connectivity index (χ1) is 15.5. The van der Waals surface area contributed by atoms with E-state index in [0.29, 0.717) is 31.3 Å². The highest BCUT2D eigenvalue weighted by Crippen LogP contribution is 2.31. The van der Waals surface area contributed by atoms with Gasteiger partial charge >= 0.3 is 0 Å². The van der Waals surface area contributed by atoms with E-state index in [4.69, 9.17) is 9.47 Å². The second-order valence-corrected chi connectivity index (χ2v) is 7.81. The maximum absolute atomic E-state index is 13.5. The van der Waals surface area contributed by atoms with Crippen LogP contribution in [0.15, 0.2) is 53.5 Å². The van der Waals surface area contributed by atoms with Crippen molar-refractivity contribution in [3.05, 3.63) is 59.9 Å². The van der Waals surface area contributed by atoms with Gasteiger partial charge in [0.1, 0.15) is 30.0 Å². The molecule has 1 aliphatic rings. The van der Waals surface area contributed by atoms with E-state index >= 15 is 0 Å². The number of likely N-dealkylation sites (N-methyl/N-ethyl adjacent to an activating group) is 1. The number of hydrogen-bond donors (Lipinski definition) is 2. The fourth-order valence-electron chi connectivity index (χ4n) is 3.31. The standard InChI is InChI=1S/C24H31FN4O3.HI/c1-4-18(32-19-9-7-8-17(25)14-19)15-26-24(27-16-23(30)29(2)3)28-21-12-13-31-22-11-6-5-10-20(21)22;/h5-11,14,18,21H,4,12-13,15-16H2,1-3H3,(H2,26,27,28);1H. The number of nitrogens with one attached hydrogen (secondary N) is 2. The lowest BCUT2D eigenvalue weighted by Crippen LogP contribution is -2.45. The summed E-state index contributed by atoms with van der Waals surface area (Å²) in [5, 5.41) is 6.72. The number of amides is 1. The molecule has 0 aromatic heterocycles. The van der Waals surface area contributed by atoms with Crippen molar-refractivity contribution in [2.45, 2.75) is 31.9 Å². The second kappa shape index (κ2) is 13.2. The average Bonchev–Trinajstić information content (AvgIpc) is 2.79. The monoisotopic (exact) mass is 570 g/mol. The molecule has 1 amide bonds. The second-order valence-electron chi connectivity index (χ2n) is 7.81. The third-order valence-corrected chi connectivity index (χ3v) is 5.19. The Labute approximate surface area is 211 Å². The zero-order valence-electron chi connectivity index (χ0n) is 19.2. The molecule has 0 saturated heterocycles. The minimum absolute atomic E-state index is 0. The van der Waals surface area contributed by atoms with Crippen molar-refractivity contribution in [2.75, 3.05) is 33.8 Å². The largest absolute Gasteiger partial charge is 0.493 e. The van der Waals surface area contributed by atoms with E-state index in [0.717, 1.165) is 17.7 Å². The molecule has 0 bridgehead atoms. The summed E-state index contributed by atoms with van der Waals surface area (Å²) in [6.45, 7) is 3.06. The molecule has 1 aliphatic heterocycles. The summed E-state index contributed by atoms with van der Waals surface area (Å²) in [4.78, 5) is 18.1. The number of rotatable bonds is 8. The Morgan fingerprint density at radius 2 is 2.06 bits per heavy atom. The Bertz CT molecular complexity index is 941. The first kappa shape index (κ1) is 26.7. The molecular weight excluding hydrogens is 538 g/mol. The summed E-state index contributed by atoms with van der Waals surface area (Å²) in [7, 11) is 3.40. The van der Waals surface area contributed by atoms with Crippen LogP contribution in [0.2, 0.25) is 0 Å². The molecule has 2 N–H and O–H groups in total. The SMILES string of the molecule is CCC(CNC(=NCC(=O)N(C)C)NC1CCOc2ccccc21)Oc1cccc(F)c1.I. The van der Waals surface area contributed by atoms with Gasteiger partial charge in [0.25, 0.3) is 0 Å². The van der Waals surface area contributed by atoms with Crippen LogP contribution < -0.4 is 20.1 Å². The number of halogens is 2. The molecule has 1 heterocycles. The Kier molecular flexibility index (Phi) is 10.7. The van der Waals surface area contributed by atoms with Gasteiger partial charge in [-0.25, -0.2) is 9.38 Å². The van der Waals surface area contributed by atoms with Gasteiger partial charge in [-0.05, 0) is 24.6 Å². The number of carbonyl (C=O) groups is 1. The van der Waals surface area contributed by atoms with Gasteiger partial charge in [-0.3, -0.25) is 4.79 Å². The van der Waals surface area contributed by atoms with Crippen molar-refractivity contribution >= 4 is 35.8 Å². The Morgan fingerprint density at radius 3 is 2.79 bits per heavy atom. The summed E-state index contributed by atoms with van der Waals surface area (Å²) in [6, 6.07) is 14.0. The predicted molar refractivity (Wildman–Crippen MR) is 138 cm³/mol. The van der Waals surface area contributed by atoms with Crippen LogP contribution in [0.25, 0.3) is 0 Å². The van der Waals surface area contributed by atoms with Crippen LogP contribution in [-0.2, 0) is 4.79 Å². The lowest BCUT2D eigenvalue weighted by molar-refractivity contribution is -0.127. The summed E-state index contributed by atoms with van der Waals surface area (Å²) in [5.41, 5.74) is 1.05. The zero-order valence-corrected chi connectivity index (χ0v) is 21.5. The van der Waals surface area contributed by atoms with E-state index < -0.39 is 0 Å². The molecule has 3 rings (SSSR count). The molecular formula is C24H32FIN4O3. The van der Waals surface area contributed by atoms with Crippen molar-refractivity contribution in [3.63, 3.8) is 0 Å². The van der Waals surface area contributed by atoms with Crippen LogP contribution >= 0.6 is 24.0 Å². The van der Waals surface area contributed by atoms with Crippen molar-refractivity contribution < 1.29 is 18.7 Å². The van der Waals surface area contributed by atoms with Crippen molar-refractivity contribution in [1.82, 2.24) is 15.5 Å². The quantitative estimate of drug-likeness (QED) is 0.288. The van der Waals surface area contributed by atoms with Crippen LogP contribution in [0.4, 0.5) is 4.39 Å². The zero-order chi connectivity index (χ0) is 22.9. The maximum atomic E-state index is 13.5. The highest BCUT2D eigenvalue weighted by Gasteiger charge is 2.22. The smallest absolute Gasteiger partial charge is 0.243 e. The van der Waals surface area contributed by atoms with Crippen LogP contribution in [0.3, 0.4) is 0 Å². The fourth-order valence-corrected chi connectivity index (χ4v) is 3.31. The molecule has 2 unspecified atom stereocenters. The third-order valence-electron chi connectivity index (χ3n) is 5.19. The van der Waals surface area contributed by atoms with Crippen LogP contribution in [-0.4, -0.2) is 56.7 Å². The van der Waals surface area contributed by atoms with E-state index in [2.05, 4.69) is 15.6 Å². The number of carbonyl (C=O) groups excluding carboxylic acids is 1. The molecule has 2 aromatic carbocycles. The van der Waals surface area contributed by atoms with Crippen LogP contribution in [0, 0.1) is 5.82 Å². The maximum Gasteiger partial charge on any atom is 0.243 e. The first-order valence-electron chi connectivity index (χ1n) is 10.8. The van der Waals surface area contributed by atoms with Gasteiger partial charge in [0.05, 0.1) is 19.2 Å². The molecule has 7 nitrogen and oxygen atoms in total. The normalized spacial score (nSPS) is 15.9. The number of nitrogens with zero attached hydrogens (tertiary/aromatic N) is 2. The minimum atomic E-state index is -0.338. The summed E-state index contributed by atoms with van der Waals surface area (Å²) in [6.07, 6.45) is 1.29. The summed E-state index contributed by atoms with van der Waals surface area (Å²) in [5.74, 6) is 1.41. The molecule has 0 radical (unpaired) electrons. The number of guanidine groups is 1. The van der Waals surface area contributed by atoms with Gasteiger partial charge in [-0.2, -0.15) is 0 Å². The molecule has 180 valence electrons. The number of fused-ring (bicyclic) bond motifs is 1. The number of aliphatic imine (C=N–C) groups is 1. The topological polar surface area (TPSA) is 75.2 Å². The average molecular weight is 570 g/mol. The molecule has 2 atom stereocenters. The highest BCUT2D eigenvalue weighted by molar-refractivity contribution is 14.0. The predicted octanol–water partition coefficient (Wildman–Crippen LogP) is 3.75. The number of benzene rings is 2. The van der Waals surface area contributed by atoms with Crippen molar-refractivity contribution in [3.8, 4) is 11.5 Å². The van der Waals surface area contributed by atoms with Gasteiger partial charge in [0.15, 0.2) is 5.96 Å². The molecule has 2 aromatic rings. The molecule has 0 spiro atoms. The van der Waals surface area contributed by atoms with Crippen LogP contribution in [0.5, 0.6) is 11.5 Å². The lowest BCUT2D eigenvalue weighted by atomic mass is 10.0. The minimum Gasteiger partial charge on any atom is -0.493 e. The first-order valence-corrected chi connectivity index (χ1v) is 10.8. The van der Waals surface area contributed by atoms with E-state index in [1.54, 1.807) is 26.2 Å². The third kappa shape index (κ3) is 8.06. The van der Waals surface area contributed by atoms with E-state index in [1.165, 1.54) is 17.0 Å². The molecule has 0 fully saturated rings. The molecule has 0 aliphatic carbocycles. The van der Waals surface area contributed by atoms with Gasteiger partial charge in [-0.1, -0.05) is 31.2 Å². The molecule has 0 saturated carbocycles. The van der Waals surface area contributed by atoms with E-state index in [1.807, 2.05) is 31.2 Å². The van der Waals surface area contributed by atoms with Crippen molar-refractivity contribution in [2.24, 2.45) is 4.99 Å². The van der Waals surface area contributed by atoms with Crippen molar-refractivity contribution in [1.29, 1.82) is 0 Å². The number of ether oxygens (including phenoxy) is 2. The van der Waals surface area contributed by atoms with Gasteiger partial charge in [0, 0.05) is 32.1 Å².